The van der Waals surface area contributed by atoms with Gasteiger partial charge in [-0.25, -0.2) is 0 Å². The summed E-state index contributed by atoms with van der Waals surface area (Å²) in [6.45, 7) is 4.65. The number of likely N-dealkylation sites (N-methyl/N-ethyl adjacent to an activating group) is 1. The van der Waals surface area contributed by atoms with Crippen LogP contribution in [0.5, 0.6) is 0 Å². The zero-order valence-corrected chi connectivity index (χ0v) is 37.6. The summed E-state index contributed by atoms with van der Waals surface area (Å²) in [7, 11) is 5.41. The van der Waals surface area contributed by atoms with Gasteiger partial charge >= 0.3 is 11.9 Å². The van der Waals surface area contributed by atoms with Gasteiger partial charge in [-0.05, 0) is 32.1 Å². The Balaban J connectivity index is 4.19. The van der Waals surface area contributed by atoms with Crippen LogP contribution in [0.1, 0.15) is 226 Å². The van der Waals surface area contributed by atoms with E-state index in [1.165, 1.54) is 141 Å². The first-order valence-electron chi connectivity index (χ1n) is 23.7. The summed E-state index contributed by atoms with van der Waals surface area (Å²) in [6.07, 6.45) is 42.4. The van der Waals surface area contributed by atoms with Crippen molar-refractivity contribution in [3.8, 4) is 0 Å². The summed E-state index contributed by atoms with van der Waals surface area (Å²) < 4.78 is 17.2. The molecule has 0 spiro atoms. The van der Waals surface area contributed by atoms with Gasteiger partial charge in [0.15, 0.2) is 6.10 Å². The number of carbonyl (C=O) groups is 3. The van der Waals surface area contributed by atoms with Crippen molar-refractivity contribution in [3.63, 3.8) is 0 Å². The van der Waals surface area contributed by atoms with Crippen molar-refractivity contribution in [2.75, 3.05) is 41.0 Å². The monoisotopic (exact) mass is 794 g/mol. The normalized spacial score (nSPS) is 12.9. The zero-order chi connectivity index (χ0) is 41.4. The number of allylic oxidation sites excluding steroid dienone is 2. The van der Waals surface area contributed by atoms with Crippen molar-refractivity contribution < 1.29 is 38.2 Å². The van der Waals surface area contributed by atoms with Gasteiger partial charge < -0.3 is 28.6 Å². The van der Waals surface area contributed by atoms with Crippen LogP contribution in [-0.2, 0) is 28.6 Å². The van der Waals surface area contributed by atoms with Gasteiger partial charge in [0.25, 0.3) is 0 Å². The first-order chi connectivity index (χ1) is 27.1. The number of hydrogen-bond acceptors (Lipinski definition) is 7. The van der Waals surface area contributed by atoms with E-state index in [9.17, 15) is 19.5 Å². The molecule has 0 heterocycles. The Bertz CT molecular complexity index is 931. The van der Waals surface area contributed by atoms with Gasteiger partial charge in [-0.2, -0.15) is 0 Å². The lowest BCUT2D eigenvalue weighted by Gasteiger charge is -2.34. The van der Waals surface area contributed by atoms with Gasteiger partial charge in [0.2, 0.25) is 0 Å². The minimum atomic E-state index is -1.12. The molecule has 8 heteroatoms. The lowest BCUT2D eigenvalue weighted by molar-refractivity contribution is -0.889. The Kier molecular flexibility index (Phi) is 38.5. The second kappa shape index (κ2) is 39.9. The number of rotatable bonds is 43. The van der Waals surface area contributed by atoms with E-state index in [1.54, 1.807) is 21.1 Å². The number of aliphatic carboxylic acids is 1. The first-order valence-corrected chi connectivity index (χ1v) is 23.7. The molecule has 0 aromatic rings. The molecule has 0 amide bonds. The number of carboxylic acids is 1. The average molecular weight is 794 g/mol. The number of carbonyl (C=O) groups excluding carboxylic acids is 3. The Morgan fingerprint density at radius 1 is 0.518 bits per heavy atom. The molecule has 0 bridgehead atoms. The number of esters is 2. The van der Waals surface area contributed by atoms with Crippen LogP contribution in [0.3, 0.4) is 0 Å². The molecule has 0 saturated heterocycles. The van der Waals surface area contributed by atoms with E-state index < -0.39 is 18.1 Å². The fourth-order valence-corrected chi connectivity index (χ4v) is 7.17. The molecule has 0 aliphatic rings. The molecule has 0 radical (unpaired) electrons. The molecule has 2 atom stereocenters. The molecule has 0 aromatic carbocycles. The highest BCUT2D eigenvalue weighted by Gasteiger charge is 2.25. The first kappa shape index (κ1) is 54.1. The van der Waals surface area contributed by atoms with Crippen LogP contribution >= 0.6 is 0 Å². The predicted octanol–water partition coefficient (Wildman–Crippen LogP) is 11.8. The lowest BCUT2D eigenvalue weighted by atomic mass is 10.0. The minimum Gasteiger partial charge on any atom is -0.544 e. The van der Waals surface area contributed by atoms with Crippen LogP contribution in [0.2, 0.25) is 0 Å². The Labute approximate surface area is 346 Å². The fraction of sp³-hybridized carbons (Fsp3) is 0.896. The second-order valence-corrected chi connectivity index (χ2v) is 17.4. The van der Waals surface area contributed by atoms with Crippen molar-refractivity contribution in [2.45, 2.75) is 238 Å². The largest absolute Gasteiger partial charge is 0.544 e. The fourth-order valence-electron chi connectivity index (χ4n) is 7.17. The Morgan fingerprint density at radius 3 is 1.34 bits per heavy atom. The molecule has 56 heavy (non-hydrogen) atoms. The molecule has 0 aromatic heterocycles. The van der Waals surface area contributed by atoms with E-state index in [0.717, 1.165) is 51.4 Å². The minimum absolute atomic E-state index is 0.0438. The third kappa shape index (κ3) is 37.6. The number of quaternary nitrogens is 1. The standard InChI is InChI=1S/C48H91NO7/c1-6-8-10-12-14-16-18-19-20-21-22-23-24-25-26-27-29-31-33-35-37-39-47(51)56-44(42-54-41-40-45(48(52)53)49(3,4)5)43-55-46(50)38-36-34-32-30-28-17-15-13-11-9-7-2/h13,15,44-45H,6-12,14,16-43H2,1-5H3/b15-13+. The third-order valence-electron chi connectivity index (χ3n) is 10.9. The molecular weight excluding hydrogens is 703 g/mol. The topological polar surface area (TPSA) is 102 Å². The second-order valence-electron chi connectivity index (χ2n) is 17.4. The van der Waals surface area contributed by atoms with Gasteiger partial charge in [0.1, 0.15) is 12.6 Å². The van der Waals surface area contributed by atoms with E-state index >= 15 is 0 Å². The van der Waals surface area contributed by atoms with Gasteiger partial charge in [-0.1, -0.05) is 187 Å². The quantitative estimate of drug-likeness (QED) is 0.0262. The lowest BCUT2D eigenvalue weighted by Crippen LogP contribution is -2.55. The highest BCUT2D eigenvalue weighted by Crippen LogP contribution is 2.16. The van der Waals surface area contributed by atoms with E-state index in [4.69, 9.17) is 14.2 Å². The smallest absolute Gasteiger partial charge is 0.306 e. The average Bonchev–Trinajstić information content (AvgIpc) is 3.15. The summed E-state index contributed by atoms with van der Waals surface area (Å²) in [5, 5.41) is 11.6. The number of carboxylic acid groups (broad SMARTS) is 1. The van der Waals surface area contributed by atoms with Crippen molar-refractivity contribution >= 4 is 17.9 Å². The number of nitrogens with zero attached hydrogens (tertiary/aromatic N) is 1. The van der Waals surface area contributed by atoms with E-state index in [2.05, 4.69) is 26.0 Å². The Morgan fingerprint density at radius 2 is 0.911 bits per heavy atom. The van der Waals surface area contributed by atoms with Crippen LogP contribution in [-0.4, -0.2) is 75.5 Å². The maximum absolute atomic E-state index is 12.7. The maximum atomic E-state index is 12.7. The van der Waals surface area contributed by atoms with E-state index in [0.29, 0.717) is 12.8 Å². The van der Waals surface area contributed by atoms with Crippen LogP contribution in [0, 0.1) is 0 Å². The van der Waals surface area contributed by atoms with Gasteiger partial charge in [0, 0.05) is 19.3 Å². The molecule has 330 valence electrons. The van der Waals surface area contributed by atoms with Crippen LogP contribution in [0.15, 0.2) is 12.2 Å². The highest BCUT2D eigenvalue weighted by atomic mass is 16.6. The zero-order valence-electron chi connectivity index (χ0n) is 37.6. The molecule has 0 saturated carbocycles. The molecular formula is C48H91NO7. The summed E-state index contributed by atoms with van der Waals surface area (Å²) in [6, 6.07) is -0.722. The summed E-state index contributed by atoms with van der Waals surface area (Å²) in [4.78, 5) is 36.8. The van der Waals surface area contributed by atoms with Crippen molar-refractivity contribution in [1.82, 2.24) is 0 Å². The summed E-state index contributed by atoms with van der Waals surface area (Å²) in [5.74, 6) is -1.73. The van der Waals surface area contributed by atoms with Gasteiger partial charge in [-0.15, -0.1) is 0 Å². The van der Waals surface area contributed by atoms with Crippen LogP contribution in [0.25, 0.3) is 0 Å². The van der Waals surface area contributed by atoms with Crippen molar-refractivity contribution in [1.29, 1.82) is 0 Å². The van der Waals surface area contributed by atoms with Gasteiger partial charge in [-0.3, -0.25) is 9.59 Å². The predicted molar refractivity (Wildman–Crippen MR) is 231 cm³/mol. The van der Waals surface area contributed by atoms with E-state index in [1.807, 2.05) is 0 Å². The molecule has 2 unspecified atom stereocenters. The number of ether oxygens (including phenoxy) is 3. The van der Waals surface area contributed by atoms with E-state index in [-0.39, 0.29) is 42.7 Å². The summed E-state index contributed by atoms with van der Waals surface area (Å²) >= 11 is 0. The molecule has 8 nitrogen and oxygen atoms in total. The van der Waals surface area contributed by atoms with Crippen molar-refractivity contribution in [2.24, 2.45) is 0 Å². The molecule has 0 fully saturated rings. The molecule has 0 aliphatic heterocycles. The third-order valence-corrected chi connectivity index (χ3v) is 10.9. The van der Waals surface area contributed by atoms with Crippen LogP contribution in [0.4, 0.5) is 0 Å². The number of unbranched alkanes of at least 4 members (excludes halogenated alkanes) is 27. The summed E-state index contributed by atoms with van der Waals surface area (Å²) in [5.41, 5.74) is 0. The molecule has 0 aliphatic carbocycles. The number of hydrogen-bond donors (Lipinski definition) is 0. The van der Waals surface area contributed by atoms with Crippen molar-refractivity contribution in [3.05, 3.63) is 12.2 Å². The Hall–Kier alpha value is -1.93. The van der Waals surface area contributed by atoms with Crippen LogP contribution < -0.4 is 5.11 Å². The molecule has 0 rings (SSSR count). The highest BCUT2D eigenvalue weighted by molar-refractivity contribution is 5.70. The maximum Gasteiger partial charge on any atom is 0.306 e. The van der Waals surface area contributed by atoms with Gasteiger partial charge in [0.05, 0.1) is 40.3 Å². The molecule has 0 N–H and O–H groups in total. The SMILES string of the molecule is CCCC/C=C/CCCCCCCC(=O)OCC(COCCC(C(=O)[O-])[N+](C)(C)C)OC(=O)CCCCCCCCCCCCCCCCCCCCCCC.